The van der Waals surface area contributed by atoms with Gasteiger partial charge in [-0.1, -0.05) is 42.5 Å². The van der Waals surface area contributed by atoms with Crippen LogP contribution in [0.2, 0.25) is 0 Å². The summed E-state index contributed by atoms with van der Waals surface area (Å²) in [6.07, 6.45) is 3.42. The molecule has 0 aliphatic heterocycles. The molecular weight excluding hydrogens is 288 g/mol. The molecule has 1 amide bonds. The van der Waals surface area contributed by atoms with Crippen molar-refractivity contribution in [3.63, 3.8) is 0 Å². The minimum absolute atomic E-state index is 0.344. The predicted molar refractivity (Wildman–Crippen MR) is 89.6 cm³/mol. The van der Waals surface area contributed by atoms with Crippen LogP contribution in [-0.4, -0.2) is 16.1 Å². The Kier molecular flexibility index (Phi) is 4.35. The summed E-state index contributed by atoms with van der Waals surface area (Å²) in [6, 6.07) is 16.2. The first-order chi connectivity index (χ1) is 11.2. The number of rotatable bonds is 4. The van der Waals surface area contributed by atoms with Crippen molar-refractivity contribution in [2.24, 2.45) is 0 Å². The molecule has 4 heteroatoms. The third kappa shape index (κ3) is 3.22. The number of amides is 1. The van der Waals surface area contributed by atoms with Crippen molar-refractivity contribution in [1.29, 1.82) is 0 Å². The number of nitrogens with one attached hydrogen (secondary N) is 1. The molecule has 23 heavy (non-hydrogen) atoms. The van der Waals surface area contributed by atoms with Gasteiger partial charge in [-0.25, -0.2) is 5.48 Å². The number of carbonyl (C=O) groups excluding carboxylic acids is 1. The summed E-state index contributed by atoms with van der Waals surface area (Å²) in [5, 5.41) is 9.61. The van der Waals surface area contributed by atoms with E-state index in [0.717, 1.165) is 29.3 Å². The third-order valence-corrected chi connectivity index (χ3v) is 4.11. The highest BCUT2D eigenvalue weighted by molar-refractivity contribution is 5.97. The highest BCUT2D eigenvalue weighted by atomic mass is 16.5. The summed E-state index contributed by atoms with van der Waals surface area (Å²) >= 11 is 0. The first-order valence-corrected chi connectivity index (χ1v) is 7.55. The zero-order valence-electron chi connectivity index (χ0n) is 12.9. The van der Waals surface area contributed by atoms with Crippen LogP contribution in [0.5, 0.6) is 0 Å². The molecule has 0 atom stereocenters. The number of aryl methyl sites for hydroxylation is 3. The van der Waals surface area contributed by atoms with Gasteiger partial charge in [0.2, 0.25) is 0 Å². The van der Waals surface area contributed by atoms with Gasteiger partial charge in [0.15, 0.2) is 0 Å². The van der Waals surface area contributed by atoms with Crippen LogP contribution in [0.1, 0.15) is 27.0 Å². The third-order valence-electron chi connectivity index (χ3n) is 4.11. The first kappa shape index (κ1) is 15.2. The van der Waals surface area contributed by atoms with Crippen molar-refractivity contribution >= 4 is 16.8 Å². The number of hydrogen-bond acceptors (Lipinski definition) is 3. The van der Waals surface area contributed by atoms with Crippen molar-refractivity contribution in [2.75, 3.05) is 0 Å². The van der Waals surface area contributed by atoms with Crippen molar-refractivity contribution in [2.45, 2.75) is 19.8 Å². The SMILES string of the molecule is Cc1c(CCc2ccccc2)ccc2cc(C(=O)NO)cnc12. The van der Waals surface area contributed by atoms with Gasteiger partial charge in [0.25, 0.3) is 5.91 Å². The van der Waals surface area contributed by atoms with Gasteiger partial charge in [-0.15, -0.1) is 0 Å². The van der Waals surface area contributed by atoms with Crippen molar-refractivity contribution in [3.8, 4) is 0 Å². The number of hydroxylamine groups is 1. The van der Waals surface area contributed by atoms with Gasteiger partial charge in [-0.2, -0.15) is 0 Å². The molecule has 0 aliphatic rings. The normalized spacial score (nSPS) is 10.7. The number of fused-ring (bicyclic) bond motifs is 1. The molecule has 116 valence electrons. The number of pyridine rings is 1. The molecule has 0 saturated carbocycles. The fourth-order valence-corrected chi connectivity index (χ4v) is 2.77. The maximum absolute atomic E-state index is 11.5. The molecule has 0 bridgehead atoms. The number of benzene rings is 2. The van der Waals surface area contributed by atoms with Gasteiger partial charge in [0.1, 0.15) is 0 Å². The molecule has 4 nitrogen and oxygen atoms in total. The molecule has 0 spiro atoms. The van der Waals surface area contributed by atoms with Crippen LogP contribution >= 0.6 is 0 Å². The molecule has 0 radical (unpaired) electrons. The van der Waals surface area contributed by atoms with E-state index in [1.807, 2.05) is 12.1 Å². The van der Waals surface area contributed by atoms with Gasteiger partial charge in [-0.05, 0) is 42.5 Å². The van der Waals surface area contributed by atoms with E-state index in [-0.39, 0.29) is 0 Å². The van der Waals surface area contributed by atoms with Crippen molar-refractivity contribution in [3.05, 3.63) is 77.0 Å². The molecular formula is C19H18N2O2. The molecule has 2 aromatic carbocycles. The monoisotopic (exact) mass is 306 g/mol. The van der Waals surface area contributed by atoms with E-state index in [1.165, 1.54) is 17.3 Å². The number of hydrogen-bond donors (Lipinski definition) is 2. The first-order valence-electron chi connectivity index (χ1n) is 7.55. The lowest BCUT2D eigenvalue weighted by atomic mass is 9.97. The summed E-state index contributed by atoms with van der Waals surface area (Å²) < 4.78 is 0. The van der Waals surface area contributed by atoms with Crippen LogP contribution in [-0.2, 0) is 12.8 Å². The topological polar surface area (TPSA) is 62.2 Å². The van der Waals surface area contributed by atoms with E-state index in [4.69, 9.17) is 5.21 Å². The highest BCUT2D eigenvalue weighted by Crippen LogP contribution is 2.22. The molecule has 3 rings (SSSR count). The van der Waals surface area contributed by atoms with Gasteiger partial charge in [0, 0.05) is 11.6 Å². The van der Waals surface area contributed by atoms with E-state index in [2.05, 4.69) is 42.2 Å². The predicted octanol–water partition coefficient (Wildman–Crippen LogP) is 3.45. The fraction of sp³-hybridized carbons (Fsp3) is 0.158. The Labute approximate surface area is 134 Å². The lowest BCUT2D eigenvalue weighted by Crippen LogP contribution is -2.18. The van der Waals surface area contributed by atoms with Gasteiger partial charge < -0.3 is 0 Å². The lowest BCUT2D eigenvalue weighted by Gasteiger charge is -2.10. The number of nitrogens with zero attached hydrogens (tertiary/aromatic N) is 1. The van der Waals surface area contributed by atoms with Crippen molar-refractivity contribution in [1.82, 2.24) is 10.5 Å². The molecule has 0 aliphatic carbocycles. The molecule has 0 saturated heterocycles. The Morgan fingerprint density at radius 3 is 2.65 bits per heavy atom. The zero-order valence-corrected chi connectivity index (χ0v) is 12.9. The maximum Gasteiger partial charge on any atom is 0.276 e. The highest BCUT2D eigenvalue weighted by Gasteiger charge is 2.09. The Bertz CT molecular complexity index is 845. The summed E-state index contributed by atoms with van der Waals surface area (Å²) in [5.41, 5.74) is 6.58. The Morgan fingerprint density at radius 1 is 1.13 bits per heavy atom. The molecule has 0 unspecified atom stereocenters. The number of carbonyl (C=O) groups is 1. The second kappa shape index (κ2) is 6.58. The van der Waals surface area contributed by atoms with Gasteiger partial charge in [0.05, 0.1) is 11.1 Å². The number of aromatic nitrogens is 1. The van der Waals surface area contributed by atoms with Crippen LogP contribution in [0.25, 0.3) is 10.9 Å². The van der Waals surface area contributed by atoms with Crippen LogP contribution in [0.15, 0.2) is 54.7 Å². The molecule has 3 aromatic rings. The second-order valence-corrected chi connectivity index (χ2v) is 5.57. The zero-order chi connectivity index (χ0) is 16.2. The molecule has 0 fully saturated rings. The van der Waals surface area contributed by atoms with Crippen LogP contribution < -0.4 is 5.48 Å². The van der Waals surface area contributed by atoms with E-state index in [1.54, 1.807) is 11.5 Å². The Hall–Kier alpha value is -2.72. The maximum atomic E-state index is 11.5. The molecule has 1 heterocycles. The summed E-state index contributed by atoms with van der Waals surface area (Å²) in [5.74, 6) is -0.551. The van der Waals surface area contributed by atoms with Crippen LogP contribution in [0.4, 0.5) is 0 Å². The Morgan fingerprint density at radius 2 is 1.91 bits per heavy atom. The van der Waals surface area contributed by atoms with Gasteiger partial charge in [-0.3, -0.25) is 15.0 Å². The van der Waals surface area contributed by atoms with Crippen LogP contribution in [0, 0.1) is 6.92 Å². The summed E-state index contributed by atoms with van der Waals surface area (Å²) in [6.45, 7) is 2.06. The van der Waals surface area contributed by atoms with Crippen LogP contribution in [0.3, 0.4) is 0 Å². The van der Waals surface area contributed by atoms with E-state index in [9.17, 15) is 4.79 Å². The average molecular weight is 306 g/mol. The second-order valence-electron chi connectivity index (χ2n) is 5.57. The van der Waals surface area contributed by atoms with Gasteiger partial charge >= 0.3 is 0 Å². The fourth-order valence-electron chi connectivity index (χ4n) is 2.77. The summed E-state index contributed by atoms with van der Waals surface area (Å²) in [7, 11) is 0. The minimum Gasteiger partial charge on any atom is -0.288 e. The van der Waals surface area contributed by atoms with E-state index in [0.29, 0.717) is 5.56 Å². The molecule has 1 aromatic heterocycles. The smallest absolute Gasteiger partial charge is 0.276 e. The standard InChI is InChI=1S/C19H18N2O2/c1-13-15(8-7-14-5-3-2-4-6-14)9-10-16-11-17(19(22)21-23)12-20-18(13)16/h2-6,9-12,23H,7-8H2,1H3,(H,21,22). The largest absolute Gasteiger partial charge is 0.288 e. The van der Waals surface area contributed by atoms with E-state index >= 15 is 0 Å². The van der Waals surface area contributed by atoms with Crippen molar-refractivity contribution < 1.29 is 10.0 Å². The average Bonchev–Trinajstić information content (AvgIpc) is 2.61. The lowest BCUT2D eigenvalue weighted by molar-refractivity contribution is 0.0706. The van der Waals surface area contributed by atoms with E-state index < -0.39 is 5.91 Å². The summed E-state index contributed by atoms with van der Waals surface area (Å²) in [4.78, 5) is 15.9. The quantitative estimate of drug-likeness (QED) is 0.573. The Balaban J connectivity index is 1.88. The molecule has 2 N–H and O–H groups in total. The minimum atomic E-state index is -0.551.